The van der Waals surface area contributed by atoms with Crippen LogP contribution in [0.4, 0.5) is 0 Å². The molecule has 160 valence electrons. The topological polar surface area (TPSA) is 187 Å². The molecule has 0 radical (unpaired) electrons. The molecule has 13 nitrogen and oxygen atoms in total. The van der Waals surface area contributed by atoms with Crippen molar-refractivity contribution in [2.45, 2.75) is 58.4 Å². The Labute approximate surface area is 159 Å². The zero-order valence-corrected chi connectivity index (χ0v) is 16.5. The summed E-state index contributed by atoms with van der Waals surface area (Å²) in [5.74, 6) is -3.33. The standard InChI is InChI=1S/C14H22NO12P/c1-6(16)23-11-10(5-22-28(15,20)21)27-14(26-9(4)19)13(25-8(3)18)12(11)24-7(2)17/h10-14H,5H2,1-4H3,(H3,15,20,21)/t10-,11-,12+,13+,14?/m1/s1. The number of hydrogen-bond donors (Lipinski definition) is 2. The summed E-state index contributed by atoms with van der Waals surface area (Å²) in [4.78, 5) is 55.0. The zero-order chi connectivity index (χ0) is 21.6. The quantitative estimate of drug-likeness (QED) is 0.291. The van der Waals surface area contributed by atoms with Crippen molar-refractivity contribution in [3.63, 3.8) is 0 Å². The highest BCUT2D eigenvalue weighted by atomic mass is 31.2. The summed E-state index contributed by atoms with van der Waals surface area (Å²) in [5.41, 5.74) is 4.91. The number of hydrogen-bond acceptors (Lipinski definition) is 11. The highest BCUT2D eigenvalue weighted by molar-refractivity contribution is 7.50. The number of carbonyl (C=O) groups is 4. The first kappa shape index (κ1) is 24.0. The van der Waals surface area contributed by atoms with Crippen LogP contribution in [0.2, 0.25) is 0 Å². The first-order valence-electron chi connectivity index (χ1n) is 7.90. The second-order valence-electron chi connectivity index (χ2n) is 5.73. The predicted octanol–water partition coefficient (Wildman–Crippen LogP) is -0.855. The van der Waals surface area contributed by atoms with Gasteiger partial charge in [0.25, 0.3) is 0 Å². The third kappa shape index (κ3) is 7.90. The second kappa shape index (κ2) is 9.94. The minimum absolute atomic E-state index is 0.704. The van der Waals surface area contributed by atoms with Crippen LogP contribution in [0.5, 0.6) is 0 Å². The van der Waals surface area contributed by atoms with E-state index in [1.807, 2.05) is 0 Å². The Morgan fingerprint density at radius 1 is 0.857 bits per heavy atom. The van der Waals surface area contributed by atoms with Crippen LogP contribution in [0.1, 0.15) is 27.7 Å². The van der Waals surface area contributed by atoms with Crippen LogP contribution in [0, 0.1) is 0 Å². The van der Waals surface area contributed by atoms with Crippen LogP contribution in [0.25, 0.3) is 0 Å². The molecule has 14 heteroatoms. The molecule has 1 aliphatic heterocycles. The Bertz CT molecular complexity index is 661. The summed E-state index contributed by atoms with van der Waals surface area (Å²) >= 11 is 0. The van der Waals surface area contributed by atoms with Crippen LogP contribution in [-0.2, 0) is 52.0 Å². The third-order valence-corrected chi connectivity index (χ3v) is 3.72. The number of nitrogens with two attached hydrogens (primary N) is 1. The van der Waals surface area contributed by atoms with Gasteiger partial charge in [-0.15, -0.1) is 0 Å². The van der Waals surface area contributed by atoms with E-state index in [9.17, 15) is 23.7 Å². The van der Waals surface area contributed by atoms with E-state index in [1.165, 1.54) is 0 Å². The fourth-order valence-electron chi connectivity index (χ4n) is 2.43. The predicted molar refractivity (Wildman–Crippen MR) is 87.1 cm³/mol. The molecule has 0 amide bonds. The summed E-state index contributed by atoms with van der Waals surface area (Å²) in [6.45, 7) is 3.47. The van der Waals surface area contributed by atoms with Crippen molar-refractivity contribution in [2.75, 3.05) is 6.61 Å². The Morgan fingerprint density at radius 3 is 1.71 bits per heavy atom. The maximum atomic E-state index is 11.5. The van der Waals surface area contributed by atoms with Crippen molar-refractivity contribution in [1.29, 1.82) is 0 Å². The molecule has 2 unspecified atom stereocenters. The fourth-order valence-corrected chi connectivity index (χ4v) is 2.79. The number of carbonyl (C=O) groups excluding carboxylic acids is 4. The lowest BCUT2D eigenvalue weighted by molar-refractivity contribution is -0.298. The lowest BCUT2D eigenvalue weighted by Gasteiger charge is -2.43. The molecule has 1 aliphatic rings. The van der Waals surface area contributed by atoms with E-state index in [0.717, 1.165) is 27.7 Å². The maximum Gasteiger partial charge on any atom is 0.400 e. The van der Waals surface area contributed by atoms with Gasteiger partial charge >= 0.3 is 31.6 Å². The number of rotatable bonds is 7. The molecule has 1 saturated heterocycles. The van der Waals surface area contributed by atoms with Gasteiger partial charge in [-0.05, 0) is 0 Å². The first-order chi connectivity index (χ1) is 12.8. The van der Waals surface area contributed by atoms with Gasteiger partial charge in [0, 0.05) is 27.7 Å². The number of esters is 4. The molecule has 1 rings (SSSR count). The highest BCUT2D eigenvalue weighted by Gasteiger charge is 2.53. The van der Waals surface area contributed by atoms with Gasteiger partial charge in [0.15, 0.2) is 12.2 Å². The van der Waals surface area contributed by atoms with Gasteiger partial charge in [0.05, 0.1) is 6.61 Å². The molecule has 0 spiro atoms. The fraction of sp³-hybridized carbons (Fsp3) is 0.714. The molecule has 3 N–H and O–H groups in total. The van der Waals surface area contributed by atoms with Crippen LogP contribution >= 0.6 is 7.75 Å². The molecule has 0 aliphatic carbocycles. The van der Waals surface area contributed by atoms with Crippen molar-refractivity contribution in [3.05, 3.63) is 0 Å². The van der Waals surface area contributed by atoms with E-state index >= 15 is 0 Å². The Hall–Kier alpha value is -2.05. The molecule has 0 aromatic carbocycles. The van der Waals surface area contributed by atoms with Gasteiger partial charge in [0.1, 0.15) is 6.10 Å². The van der Waals surface area contributed by atoms with Crippen molar-refractivity contribution in [3.8, 4) is 0 Å². The average Bonchev–Trinajstić information content (AvgIpc) is 2.48. The Kier molecular flexibility index (Phi) is 8.51. The Balaban J connectivity index is 3.31. The molecular weight excluding hydrogens is 405 g/mol. The number of ether oxygens (including phenoxy) is 5. The van der Waals surface area contributed by atoms with Crippen LogP contribution in [0.3, 0.4) is 0 Å². The molecule has 0 aromatic rings. The molecular formula is C14H22NO12P. The van der Waals surface area contributed by atoms with Gasteiger partial charge in [-0.3, -0.25) is 23.7 Å². The molecule has 0 saturated carbocycles. The SMILES string of the molecule is CC(=O)OC1O[C@H](COP(N)(=O)O)[C@@H](OC(C)=O)[C@H](OC(C)=O)[C@@H]1OC(C)=O. The molecule has 6 atom stereocenters. The minimum Gasteiger partial charge on any atom is -0.456 e. The van der Waals surface area contributed by atoms with Crippen LogP contribution in [0.15, 0.2) is 0 Å². The first-order valence-corrected chi connectivity index (χ1v) is 9.55. The highest BCUT2D eigenvalue weighted by Crippen LogP contribution is 2.35. The van der Waals surface area contributed by atoms with Crippen LogP contribution < -0.4 is 5.50 Å². The Morgan fingerprint density at radius 2 is 1.29 bits per heavy atom. The summed E-state index contributed by atoms with van der Waals surface area (Å²) in [5, 5.41) is 0. The van der Waals surface area contributed by atoms with Gasteiger partial charge in [-0.1, -0.05) is 0 Å². The lowest BCUT2D eigenvalue weighted by Crippen LogP contribution is -2.63. The average molecular weight is 427 g/mol. The van der Waals surface area contributed by atoms with Gasteiger partial charge in [-0.25, -0.2) is 10.1 Å². The summed E-state index contributed by atoms with van der Waals surface area (Å²) in [6.07, 6.45) is -7.38. The summed E-state index contributed by atoms with van der Waals surface area (Å²) < 4.78 is 41.4. The van der Waals surface area contributed by atoms with E-state index in [4.69, 9.17) is 34.1 Å². The molecule has 0 bridgehead atoms. The molecule has 1 fully saturated rings. The van der Waals surface area contributed by atoms with Crippen LogP contribution in [-0.4, -0.2) is 66.1 Å². The normalized spacial score (nSPS) is 29.1. The molecule has 28 heavy (non-hydrogen) atoms. The minimum atomic E-state index is -4.45. The monoisotopic (exact) mass is 427 g/mol. The molecule has 1 heterocycles. The lowest BCUT2D eigenvalue weighted by atomic mass is 9.98. The molecule has 0 aromatic heterocycles. The zero-order valence-electron chi connectivity index (χ0n) is 15.6. The van der Waals surface area contributed by atoms with Crippen molar-refractivity contribution >= 4 is 31.6 Å². The van der Waals surface area contributed by atoms with Gasteiger partial charge in [0.2, 0.25) is 12.4 Å². The van der Waals surface area contributed by atoms with Gasteiger partial charge in [-0.2, -0.15) is 0 Å². The maximum absolute atomic E-state index is 11.5. The van der Waals surface area contributed by atoms with Crippen molar-refractivity contribution in [1.82, 2.24) is 0 Å². The van der Waals surface area contributed by atoms with Crippen molar-refractivity contribution < 1.29 is 56.8 Å². The van der Waals surface area contributed by atoms with Gasteiger partial charge < -0.3 is 28.6 Å². The van der Waals surface area contributed by atoms with E-state index in [1.54, 1.807) is 0 Å². The summed E-state index contributed by atoms with van der Waals surface area (Å²) in [6, 6.07) is 0. The largest absolute Gasteiger partial charge is 0.456 e. The smallest absolute Gasteiger partial charge is 0.400 e. The van der Waals surface area contributed by atoms with E-state index in [0.29, 0.717) is 0 Å². The van der Waals surface area contributed by atoms with E-state index in [2.05, 4.69) is 4.52 Å². The summed E-state index contributed by atoms with van der Waals surface area (Å²) in [7, 11) is -4.45. The third-order valence-electron chi connectivity index (χ3n) is 3.20. The van der Waals surface area contributed by atoms with E-state index < -0.39 is 68.9 Å². The second-order valence-corrected chi connectivity index (χ2v) is 7.12. The van der Waals surface area contributed by atoms with Crippen molar-refractivity contribution in [2.24, 2.45) is 5.50 Å². The van der Waals surface area contributed by atoms with E-state index in [-0.39, 0.29) is 0 Å².